The normalized spacial score (nSPS) is 27.0. The van der Waals surface area contributed by atoms with Crippen LogP contribution in [0, 0.1) is 23.7 Å². The SMILES string of the molecule is CCC(=O)Nc1ccc(NC(=O)[C@H]2[C@H](C(=O)O)[C@H]3C=C[C@H]2C3)cc1. The van der Waals surface area contributed by atoms with Gasteiger partial charge in [-0.05, 0) is 42.5 Å². The number of carboxylic acids is 1. The smallest absolute Gasteiger partial charge is 0.307 e. The Morgan fingerprint density at radius 1 is 1.00 bits per heavy atom. The molecule has 4 atom stereocenters. The van der Waals surface area contributed by atoms with E-state index in [1.807, 2.05) is 12.2 Å². The maximum absolute atomic E-state index is 12.6. The molecule has 0 radical (unpaired) electrons. The lowest BCUT2D eigenvalue weighted by Crippen LogP contribution is -2.36. The van der Waals surface area contributed by atoms with E-state index in [0.29, 0.717) is 17.8 Å². The zero-order valence-corrected chi connectivity index (χ0v) is 13.4. The summed E-state index contributed by atoms with van der Waals surface area (Å²) >= 11 is 0. The largest absolute Gasteiger partial charge is 0.481 e. The molecule has 0 heterocycles. The molecule has 1 saturated carbocycles. The minimum Gasteiger partial charge on any atom is -0.481 e. The molecule has 0 aliphatic heterocycles. The summed E-state index contributed by atoms with van der Waals surface area (Å²) in [4.78, 5) is 35.4. The van der Waals surface area contributed by atoms with Gasteiger partial charge in [-0.2, -0.15) is 0 Å². The van der Waals surface area contributed by atoms with Gasteiger partial charge >= 0.3 is 5.97 Å². The molecule has 6 nitrogen and oxygen atoms in total. The number of carbonyl (C=O) groups is 3. The van der Waals surface area contributed by atoms with E-state index in [1.54, 1.807) is 31.2 Å². The molecule has 24 heavy (non-hydrogen) atoms. The summed E-state index contributed by atoms with van der Waals surface area (Å²) in [7, 11) is 0. The molecule has 2 bridgehead atoms. The number of hydrogen-bond acceptors (Lipinski definition) is 3. The second-order valence-corrected chi connectivity index (χ2v) is 6.31. The molecule has 3 rings (SSSR count). The molecule has 2 aliphatic carbocycles. The minimum atomic E-state index is -0.912. The monoisotopic (exact) mass is 328 g/mol. The quantitative estimate of drug-likeness (QED) is 0.724. The van der Waals surface area contributed by atoms with Gasteiger partial charge in [-0.1, -0.05) is 19.1 Å². The molecule has 6 heteroatoms. The second-order valence-electron chi connectivity index (χ2n) is 6.31. The molecule has 126 valence electrons. The van der Waals surface area contributed by atoms with Gasteiger partial charge in [0.05, 0.1) is 11.8 Å². The molecule has 1 aromatic rings. The maximum Gasteiger partial charge on any atom is 0.307 e. The molecule has 0 unspecified atom stereocenters. The van der Waals surface area contributed by atoms with Crippen LogP contribution >= 0.6 is 0 Å². The minimum absolute atomic E-state index is 0.000726. The third-order valence-corrected chi connectivity index (χ3v) is 4.80. The highest BCUT2D eigenvalue weighted by Crippen LogP contribution is 2.48. The Bertz CT molecular complexity index is 695. The molecule has 1 aromatic carbocycles. The summed E-state index contributed by atoms with van der Waals surface area (Å²) < 4.78 is 0. The molecule has 0 spiro atoms. The third-order valence-electron chi connectivity index (χ3n) is 4.80. The van der Waals surface area contributed by atoms with E-state index in [2.05, 4.69) is 10.6 Å². The van der Waals surface area contributed by atoms with E-state index in [0.717, 1.165) is 6.42 Å². The highest BCUT2D eigenvalue weighted by Gasteiger charge is 2.51. The van der Waals surface area contributed by atoms with Crippen LogP contribution in [0.4, 0.5) is 11.4 Å². The van der Waals surface area contributed by atoms with E-state index >= 15 is 0 Å². The summed E-state index contributed by atoms with van der Waals surface area (Å²) in [6, 6.07) is 6.81. The zero-order valence-electron chi connectivity index (χ0n) is 13.4. The van der Waals surface area contributed by atoms with Crippen LogP contribution in [-0.4, -0.2) is 22.9 Å². The fourth-order valence-corrected chi connectivity index (χ4v) is 3.63. The Hall–Kier alpha value is -2.63. The van der Waals surface area contributed by atoms with E-state index in [-0.39, 0.29) is 23.7 Å². The topological polar surface area (TPSA) is 95.5 Å². The lowest BCUT2D eigenvalue weighted by molar-refractivity contribution is -0.146. The van der Waals surface area contributed by atoms with Crippen molar-refractivity contribution in [2.45, 2.75) is 19.8 Å². The van der Waals surface area contributed by atoms with Crippen LogP contribution in [0.3, 0.4) is 0 Å². The fourth-order valence-electron chi connectivity index (χ4n) is 3.63. The maximum atomic E-state index is 12.6. The fraction of sp³-hybridized carbons (Fsp3) is 0.389. The van der Waals surface area contributed by atoms with Crippen molar-refractivity contribution in [2.75, 3.05) is 10.6 Å². The number of nitrogens with one attached hydrogen (secondary N) is 2. The highest BCUT2D eigenvalue weighted by atomic mass is 16.4. The van der Waals surface area contributed by atoms with Crippen molar-refractivity contribution in [1.29, 1.82) is 0 Å². The van der Waals surface area contributed by atoms with Crippen LogP contribution in [-0.2, 0) is 14.4 Å². The Morgan fingerprint density at radius 2 is 1.54 bits per heavy atom. The van der Waals surface area contributed by atoms with Gasteiger partial charge in [-0.25, -0.2) is 0 Å². The molecular formula is C18H20N2O4. The molecule has 3 N–H and O–H groups in total. The highest BCUT2D eigenvalue weighted by molar-refractivity contribution is 5.97. The van der Waals surface area contributed by atoms with Crippen LogP contribution in [0.15, 0.2) is 36.4 Å². The summed E-state index contributed by atoms with van der Waals surface area (Å²) in [5, 5.41) is 14.9. The first-order valence-corrected chi connectivity index (χ1v) is 8.11. The van der Waals surface area contributed by atoms with Gasteiger partial charge < -0.3 is 15.7 Å². The first-order valence-electron chi connectivity index (χ1n) is 8.11. The molecule has 2 amide bonds. The standard InChI is InChI=1S/C18H20N2O4/c1-2-14(21)19-12-5-7-13(8-6-12)20-17(22)15-10-3-4-11(9-10)16(15)18(23)24/h3-8,10-11,15-16H,2,9H2,1H3,(H,19,21)(H,20,22)(H,23,24)/t10-,11-,15+,16+/m0/s1. The number of carbonyl (C=O) groups excluding carboxylic acids is 2. The van der Waals surface area contributed by atoms with Crippen molar-refractivity contribution >= 4 is 29.2 Å². The number of rotatable bonds is 5. The molecule has 0 aromatic heterocycles. The van der Waals surface area contributed by atoms with Gasteiger partial charge in [-0.15, -0.1) is 0 Å². The predicted molar refractivity (Wildman–Crippen MR) is 89.3 cm³/mol. The molecule has 1 fully saturated rings. The number of aliphatic carboxylic acids is 1. The molecular weight excluding hydrogens is 308 g/mol. The Kier molecular flexibility index (Phi) is 4.38. The van der Waals surface area contributed by atoms with E-state index < -0.39 is 17.8 Å². The van der Waals surface area contributed by atoms with Crippen LogP contribution in [0.1, 0.15) is 19.8 Å². The lowest BCUT2D eigenvalue weighted by atomic mass is 9.82. The first kappa shape index (κ1) is 16.2. The van der Waals surface area contributed by atoms with Crippen LogP contribution < -0.4 is 10.6 Å². The van der Waals surface area contributed by atoms with Crippen molar-refractivity contribution in [3.05, 3.63) is 36.4 Å². The molecule has 0 saturated heterocycles. The molecule has 2 aliphatic rings. The summed E-state index contributed by atoms with van der Waals surface area (Å²) in [5.74, 6) is -2.48. The number of anilines is 2. The van der Waals surface area contributed by atoms with Crippen molar-refractivity contribution in [1.82, 2.24) is 0 Å². The van der Waals surface area contributed by atoms with E-state index in [4.69, 9.17) is 0 Å². The number of allylic oxidation sites excluding steroid dienone is 2. The van der Waals surface area contributed by atoms with Gasteiger partial charge in [0.15, 0.2) is 0 Å². The van der Waals surface area contributed by atoms with Gasteiger partial charge in [0.2, 0.25) is 11.8 Å². The summed E-state index contributed by atoms with van der Waals surface area (Å²) in [6.45, 7) is 1.77. The number of benzene rings is 1. The lowest BCUT2D eigenvalue weighted by Gasteiger charge is -2.23. The number of fused-ring (bicyclic) bond motifs is 2. The second kappa shape index (κ2) is 6.47. The van der Waals surface area contributed by atoms with Gasteiger partial charge in [0, 0.05) is 17.8 Å². The predicted octanol–water partition coefficient (Wildman–Crippen LogP) is 2.50. The van der Waals surface area contributed by atoms with Crippen LogP contribution in [0.25, 0.3) is 0 Å². The summed E-state index contributed by atoms with van der Waals surface area (Å²) in [5.41, 5.74) is 1.25. The number of amides is 2. The number of carboxylic acid groups (broad SMARTS) is 1. The van der Waals surface area contributed by atoms with E-state index in [9.17, 15) is 19.5 Å². The van der Waals surface area contributed by atoms with E-state index in [1.165, 1.54) is 0 Å². The van der Waals surface area contributed by atoms with Gasteiger partial charge in [0.1, 0.15) is 0 Å². The Balaban J connectivity index is 1.67. The van der Waals surface area contributed by atoms with Gasteiger partial charge in [0.25, 0.3) is 0 Å². The zero-order chi connectivity index (χ0) is 17.3. The summed E-state index contributed by atoms with van der Waals surface area (Å²) in [6.07, 6.45) is 5.00. The Labute approximate surface area is 139 Å². The van der Waals surface area contributed by atoms with Gasteiger partial charge in [-0.3, -0.25) is 14.4 Å². The van der Waals surface area contributed by atoms with Crippen molar-refractivity contribution in [2.24, 2.45) is 23.7 Å². The van der Waals surface area contributed by atoms with Crippen molar-refractivity contribution in [3.63, 3.8) is 0 Å². The Morgan fingerprint density at radius 3 is 2.08 bits per heavy atom. The van der Waals surface area contributed by atoms with Crippen LogP contribution in [0.5, 0.6) is 0 Å². The third kappa shape index (κ3) is 3.04. The van der Waals surface area contributed by atoms with Crippen molar-refractivity contribution in [3.8, 4) is 0 Å². The van der Waals surface area contributed by atoms with Crippen molar-refractivity contribution < 1.29 is 19.5 Å². The number of hydrogen-bond donors (Lipinski definition) is 3. The average molecular weight is 328 g/mol. The average Bonchev–Trinajstić information content (AvgIpc) is 3.17. The van der Waals surface area contributed by atoms with Crippen LogP contribution in [0.2, 0.25) is 0 Å². The first-order chi connectivity index (χ1) is 11.5.